The van der Waals surface area contributed by atoms with Gasteiger partial charge in [0.2, 0.25) is 5.91 Å². The minimum absolute atomic E-state index is 0.393. The second-order valence-corrected chi connectivity index (χ2v) is 7.81. The van der Waals surface area contributed by atoms with Gasteiger partial charge in [0, 0.05) is 57.3 Å². The lowest BCUT2D eigenvalue weighted by Crippen LogP contribution is -2.55. The topological polar surface area (TPSA) is 44.8 Å². The smallest absolute Gasteiger partial charge is 0.222 e. The number of fused-ring (bicyclic) bond motifs is 2. The average molecular weight is 338 g/mol. The summed E-state index contributed by atoms with van der Waals surface area (Å²) in [4.78, 5) is 17.4. The molecule has 3 aliphatic heterocycles. The number of piperidine rings is 1. The normalized spacial score (nSPS) is 33.8. The molecule has 0 aromatic carbocycles. The fourth-order valence-corrected chi connectivity index (χ4v) is 4.85. The van der Waals surface area contributed by atoms with E-state index in [-0.39, 0.29) is 0 Å². The summed E-state index contributed by atoms with van der Waals surface area (Å²) in [6.45, 7) is 9.64. The molecule has 3 aliphatic rings. The minimum Gasteiger partial charge on any atom is -0.380 e. The van der Waals surface area contributed by atoms with Gasteiger partial charge in [0.1, 0.15) is 0 Å². The van der Waals surface area contributed by atoms with Crippen molar-refractivity contribution in [3.63, 3.8) is 0 Å². The van der Waals surface area contributed by atoms with E-state index in [2.05, 4.69) is 22.0 Å². The Hall–Kier alpha value is -0.650. The average Bonchev–Trinajstić information content (AvgIpc) is 2.93. The Balaban J connectivity index is 1.46. The molecule has 0 saturated carbocycles. The molecule has 3 atom stereocenters. The second-order valence-electron chi connectivity index (χ2n) is 7.81. The molecule has 5 heteroatoms. The first-order valence-corrected chi connectivity index (χ1v) is 10.0. The van der Waals surface area contributed by atoms with Crippen LogP contribution in [-0.2, 0) is 9.53 Å². The van der Waals surface area contributed by atoms with Crippen molar-refractivity contribution in [2.75, 3.05) is 39.4 Å². The van der Waals surface area contributed by atoms with E-state index in [1.165, 1.54) is 25.7 Å². The van der Waals surface area contributed by atoms with Crippen LogP contribution in [0.1, 0.15) is 52.4 Å². The van der Waals surface area contributed by atoms with Gasteiger partial charge in [-0.1, -0.05) is 6.92 Å². The maximum Gasteiger partial charge on any atom is 0.222 e. The maximum absolute atomic E-state index is 12.8. The Labute approximate surface area is 147 Å². The van der Waals surface area contributed by atoms with E-state index in [1.54, 1.807) is 0 Å². The Morgan fingerprint density at radius 3 is 2.58 bits per heavy atom. The van der Waals surface area contributed by atoms with E-state index in [1.807, 2.05) is 6.92 Å². The van der Waals surface area contributed by atoms with Crippen LogP contribution < -0.4 is 5.32 Å². The summed E-state index contributed by atoms with van der Waals surface area (Å²) in [6.07, 6.45) is 6.90. The van der Waals surface area contributed by atoms with Gasteiger partial charge in [0.05, 0.1) is 6.61 Å². The van der Waals surface area contributed by atoms with Gasteiger partial charge in [-0.2, -0.15) is 0 Å². The molecule has 1 amide bonds. The lowest BCUT2D eigenvalue weighted by molar-refractivity contribution is -0.135. The minimum atomic E-state index is 0.393. The molecule has 3 fully saturated rings. The number of piperazine rings is 1. The lowest BCUT2D eigenvalue weighted by Gasteiger charge is -2.42. The Morgan fingerprint density at radius 2 is 1.92 bits per heavy atom. The molecule has 3 unspecified atom stereocenters. The molecule has 0 radical (unpaired) electrons. The van der Waals surface area contributed by atoms with Crippen LogP contribution in [0.3, 0.4) is 0 Å². The Morgan fingerprint density at radius 1 is 1.17 bits per heavy atom. The van der Waals surface area contributed by atoms with Crippen LogP contribution in [0.4, 0.5) is 0 Å². The van der Waals surface area contributed by atoms with Crippen molar-refractivity contribution >= 4 is 5.91 Å². The predicted molar refractivity (Wildman–Crippen MR) is 96.0 cm³/mol. The van der Waals surface area contributed by atoms with Crippen molar-refractivity contribution in [1.29, 1.82) is 0 Å². The first-order chi connectivity index (χ1) is 11.7. The number of nitrogens with zero attached hydrogens (tertiary/aromatic N) is 2. The van der Waals surface area contributed by atoms with E-state index in [4.69, 9.17) is 4.74 Å². The number of carbonyl (C=O) groups excluding carboxylic acids is 1. The number of ether oxygens (including phenoxy) is 1. The van der Waals surface area contributed by atoms with Crippen molar-refractivity contribution in [2.24, 2.45) is 5.92 Å². The lowest BCUT2D eigenvalue weighted by atomic mass is 9.89. The maximum atomic E-state index is 12.8. The summed E-state index contributed by atoms with van der Waals surface area (Å²) in [6, 6.07) is 1.85. The molecule has 5 nitrogen and oxygen atoms in total. The molecule has 3 heterocycles. The zero-order valence-electron chi connectivity index (χ0n) is 15.5. The number of nitrogens with one attached hydrogen (secondary N) is 1. The van der Waals surface area contributed by atoms with Crippen molar-refractivity contribution in [3.05, 3.63) is 0 Å². The summed E-state index contributed by atoms with van der Waals surface area (Å²) in [5, 5.41) is 3.68. The summed E-state index contributed by atoms with van der Waals surface area (Å²) in [5.74, 6) is 0.997. The van der Waals surface area contributed by atoms with E-state index >= 15 is 0 Å². The Bertz CT molecular complexity index is 405. The summed E-state index contributed by atoms with van der Waals surface area (Å²) >= 11 is 0. The first kappa shape index (κ1) is 18.2. The van der Waals surface area contributed by atoms with Gasteiger partial charge in [0.25, 0.3) is 0 Å². The molecule has 3 saturated heterocycles. The SMILES string of the molecule is CCOCCN1CCN(C(=O)CC2CC3CCC(C2)N3)CC1CC. The van der Waals surface area contributed by atoms with Crippen LogP contribution >= 0.6 is 0 Å². The quantitative estimate of drug-likeness (QED) is 0.721. The van der Waals surface area contributed by atoms with E-state index in [0.29, 0.717) is 30.0 Å². The largest absolute Gasteiger partial charge is 0.380 e. The highest BCUT2D eigenvalue weighted by Crippen LogP contribution is 2.33. The standard InChI is InChI=1S/C19H35N3O2/c1-3-18-14-22(8-7-21(18)9-10-24-4-2)19(23)13-15-11-16-5-6-17(12-15)20-16/h15-18,20H,3-14H2,1-2H3. The van der Waals surface area contributed by atoms with Crippen LogP contribution in [-0.4, -0.2) is 73.2 Å². The molecular formula is C19H35N3O2. The van der Waals surface area contributed by atoms with E-state index < -0.39 is 0 Å². The van der Waals surface area contributed by atoms with Gasteiger partial charge in [0.15, 0.2) is 0 Å². The molecule has 138 valence electrons. The third-order valence-electron chi connectivity index (χ3n) is 6.19. The van der Waals surface area contributed by atoms with Gasteiger partial charge in [-0.3, -0.25) is 9.69 Å². The van der Waals surface area contributed by atoms with Crippen molar-refractivity contribution < 1.29 is 9.53 Å². The van der Waals surface area contributed by atoms with Crippen LogP contribution in [0.15, 0.2) is 0 Å². The number of carbonyl (C=O) groups is 1. The molecule has 0 aliphatic carbocycles. The number of hydrogen-bond donors (Lipinski definition) is 1. The molecule has 2 bridgehead atoms. The summed E-state index contributed by atoms with van der Waals surface area (Å²) < 4.78 is 5.50. The van der Waals surface area contributed by atoms with Crippen molar-refractivity contribution in [1.82, 2.24) is 15.1 Å². The highest BCUT2D eigenvalue weighted by Gasteiger charge is 2.36. The number of hydrogen-bond acceptors (Lipinski definition) is 4. The zero-order valence-corrected chi connectivity index (χ0v) is 15.5. The second kappa shape index (κ2) is 8.63. The van der Waals surface area contributed by atoms with Gasteiger partial charge < -0.3 is 15.0 Å². The van der Waals surface area contributed by atoms with Gasteiger partial charge in [-0.15, -0.1) is 0 Å². The highest BCUT2D eigenvalue weighted by atomic mass is 16.5. The molecule has 24 heavy (non-hydrogen) atoms. The van der Waals surface area contributed by atoms with Crippen LogP contribution in [0.2, 0.25) is 0 Å². The molecule has 0 spiro atoms. The molecular weight excluding hydrogens is 302 g/mol. The van der Waals surface area contributed by atoms with Crippen LogP contribution in [0, 0.1) is 5.92 Å². The zero-order chi connectivity index (χ0) is 16.9. The monoisotopic (exact) mass is 337 g/mol. The molecule has 1 N–H and O–H groups in total. The van der Waals surface area contributed by atoms with Gasteiger partial charge in [-0.05, 0) is 44.9 Å². The summed E-state index contributed by atoms with van der Waals surface area (Å²) in [5.41, 5.74) is 0. The van der Waals surface area contributed by atoms with E-state index in [0.717, 1.165) is 52.2 Å². The molecule has 3 rings (SSSR count). The first-order valence-electron chi connectivity index (χ1n) is 10.0. The predicted octanol–water partition coefficient (Wildman–Crippen LogP) is 1.87. The number of amides is 1. The van der Waals surface area contributed by atoms with Crippen LogP contribution in [0.5, 0.6) is 0 Å². The van der Waals surface area contributed by atoms with Crippen molar-refractivity contribution in [2.45, 2.75) is 70.5 Å². The van der Waals surface area contributed by atoms with Crippen LogP contribution in [0.25, 0.3) is 0 Å². The molecule has 0 aromatic heterocycles. The third kappa shape index (κ3) is 4.50. The van der Waals surface area contributed by atoms with Gasteiger partial charge >= 0.3 is 0 Å². The van der Waals surface area contributed by atoms with E-state index in [9.17, 15) is 4.79 Å². The highest BCUT2D eigenvalue weighted by molar-refractivity contribution is 5.76. The summed E-state index contributed by atoms with van der Waals surface area (Å²) in [7, 11) is 0. The fourth-order valence-electron chi connectivity index (χ4n) is 4.85. The fraction of sp³-hybridized carbons (Fsp3) is 0.947. The third-order valence-corrected chi connectivity index (χ3v) is 6.19. The Kier molecular flexibility index (Phi) is 6.53. The van der Waals surface area contributed by atoms with Crippen molar-refractivity contribution in [3.8, 4) is 0 Å². The molecule has 0 aromatic rings. The number of rotatable bonds is 7. The van der Waals surface area contributed by atoms with Gasteiger partial charge in [-0.25, -0.2) is 0 Å².